The van der Waals surface area contributed by atoms with E-state index in [2.05, 4.69) is 207 Å². The van der Waals surface area contributed by atoms with Crippen LogP contribution in [0.25, 0.3) is 0 Å². The van der Waals surface area contributed by atoms with Gasteiger partial charge in [-0.1, -0.05) is 48.1 Å². The number of Topliss-reactive ketones (excluding diaryl/α,β-unsaturated/α-hetero) is 1. The van der Waals surface area contributed by atoms with Crippen LogP contribution in [-0.4, -0.2) is 124 Å². The van der Waals surface area contributed by atoms with Crippen molar-refractivity contribution in [2.75, 3.05) is 47.8 Å². The van der Waals surface area contributed by atoms with Crippen molar-refractivity contribution in [2.24, 2.45) is 17.8 Å². The molecule has 0 bridgehead atoms. The van der Waals surface area contributed by atoms with E-state index in [1.54, 1.807) is 21.3 Å². The van der Waals surface area contributed by atoms with Crippen LogP contribution in [0.15, 0.2) is 150 Å². The van der Waals surface area contributed by atoms with Gasteiger partial charge in [-0.15, -0.1) is 0 Å². The summed E-state index contributed by atoms with van der Waals surface area (Å²) in [6, 6.07) is 32.3. The quantitative estimate of drug-likeness (QED) is 0.0826. The van der Waals surface area contributed by atoms with E-state index in [0.29, 0.717) is 6.42 Å². The van der Waals surface area contributed by atoms with Crippen molar-refractivity contribution in [3.05, 3.63) is 150 Å². The van der Waals surface area contributed by atoms with Crippen molar-refractivity contribution < 1.29 is 47.4 Å². The Hall–Kier alpha value is -3.42. The molecule has 9 fully saturated rings. The first-order chi connectivity index (χ1) is 38.4. The molecule has 6 heterocycles. The van der Waals surface area contributed by atoms with Gasteiger partial charge in [0, 0.05) is 27.8 Å². The SMILES string of the molecule is C=C1CC[C@]2(CO2)[C@@H]([C@@]2(C)O[C@@H]2CC=C(C)C)[C@@H]1OC.C=C1CC[C@]2(CO2)[C@@H]([C@@]2(C)O[C@@H]2CC=C(C)C)[C@@H]1OC.CO[C@@H]1C(=O)CC[C@]2(CO2)[C@H]1[C@@]1(C)O[C@@H]1CC=C(C)C.CP(Br)(c1ccccc1)(c1ccccc1)c1ccccc1. The Morgan fingerprint density at radius 1 is 0.519 bits per heavy atom. The van der Waals surface area contributed by atoms with Crippen LogP contribution >= 0.6 is 20.8 Å². The molecule has 6 saturated heterocycles. The van der Waals surface area contributed by atoms with Gasteiger partial charge in [0.05, 0.1) is 68.1 Å². The third-order valence-electron chi connectivity index (χ3n) is 19.7. The van der Waals surface area contributed by atoms with Crippen molar-refractivity contribution in [1.29, 1.82) is 0 Å². The Bertz CT molecular complexity index is 2520. The summed E-state index contributed by atoms with van der Waals surface area (Å²) >= 11 is 4.24. The Morgan fingerprint density at radius 3 is 1.05 bits per heavy atom. The zero-order chi connectivity index (χ0) is 58.4. The number of ether oxygens (including phenoxy) is 9. The van der Waals surface area contributed by atoms with Gasteiger partial charge in [-0.05, 0) is 125 Å². The number of hydrogen-bond acceptors (Lipinski definition) is 10. The van der Waals surface area contributed by atoms with Gasteiger partial charge >= 0.3 is 134 Å². The van der Waals surface area contributed by atoms with Crippen molar-refractivity contribution in [3.63, 3.8) is 0 Å². The molecule has 15 atom stereocenters. The molecule has 0 radical (unpaired) electrons. The molecule has 12 rings (SSSR count). The normalized spacial score (nSPS) is 37.8. The second-order valence-electron chi connectivity index (χ2n) is 26.1. The van der Waals surface area contributed by atoms with E-state index in [-0.39, 0.29) is 93.8 Å². The van der Waals surface area contributed by atoms with Gasteiger partial charge in [0.2, 0.25) is 0 Å². The summed E-state index contributed by atoms with van der Waals surface area (Å²) in [5.41, 5.74) is 5.59. The second kappa shape index (κ2) is 23.8. The maximum absolute atomic E-state index is 12.2. The van der Waals surface area contributed by atoms with Crippen molar-refractivity contribution in [1.82, 2.24) is 0 Å². The minimum atomic E-state index is -2.56. The number of rotatable bonds is 15. The zero-order valence-corrected chi connectivity index (χ0v) is 53.4. The van der Waals surface area contributed by atoms with Crippen LogP contribution in [0.5, 0.6) is 0 Å². The molecule has 0 unspecified atom stereocenters. The third kappa shape index (κ3) is 12.4. The fourth-order valence-electron chi connectivity index (χ4n) is 14.4. The average Bonchev–Trinajstić information content (AvgIpc) is 2.48. The monoisotopic (exact) mass is 1190 g/mol. The molecule has 9 aliphatic rings. The Labute approximate surface area is 493 Å². The fourth-order valence-corrected chi connectivity index (χ4v) is 20.0. The molecule has 3 saturated carbocycles. The van der Waals surface area contributed by atoms with Crippen molar-refractivity contribution in [3.8, 4) is 0 Å². The molecule has 0 N–H and O–H groups in total. The Kier molecular flexibility index (Phi) is 18.3. The summed E-state index contributed by atoms with van der Waals surface area (Å²) in [4.78, 5) is 12.2. The van der Waals surface area contributed by atoms with Crippen LogP contribution in [0.2, 0.25) is 0 Å². The first-order valence-electron chi connectivity index (χ1n) is 29.6. The minimum absolute atomic E-state index is 0.0175. The average molecular weight is 1190 g/mol. The van der Waals surface area contributed by atoms with Gasteiger partial charge in [0.15, 0.2) is 5.78 Å². The van der Waals surface area contributed by atoms with Crippen molar-refractivity contribution >= 4 is 42.5 Å². The molecule has 81 heavy (non-hydrogen) atoms. The predicted molar refractivity (Wildman–Crippen MR) is 332 cm³/mol. The number of methoxy groups -OCH3 is 3. The molecule has 3 aromatic carbocycles. The number of hydrogen-bond donors (Lipinski definition) is 0. The molecule has 6 aliphatic heterocycles. The fraction of sp³-hybridized carbons (Fsp3) is 0.580. The molecule has 0 aromatic heterocycles. The summed E-state index contributed by atoms with van der Waals surface area (Å²) in [6.45, 7) is 32.4. The van der Waals surface area contributed by atoms with Gasteiger partial charge < -0.3 is 42.6 Å². The summed E-state index contributed by atoms with van der Waals surface area (Å²) in [5.74, 6) is 0.766. The van der Waals surface area contributed by atoms with Crippen LogP contribution in [0.1, 0.15) is 120 Å². The molecule has 442 valence electrons. The topological polar surface area (TPSA) is 120 Å². The van der Waals surface area contributed by atoms with Crippen LogP contribution < -0.4 is 15.9 Å². The molecule has 10 nitrogen and oxygen atoms in total. The standard InChI is InChI=1S/C19H18BrP.2C17H26O3.C16H24O4/c1-21(20,17-11-5-2-6-12-17,18-13-7-3-8-14-18)19-15-9-4-10-16-19;2*1-11(2)6-7-13-16(4,20-13)15-14(18-5)12(3)8-9-17(15)10-19-17;1-10(2)5-6-12-15(3,20-12)14-13(18-4)11(17)7-8-16(14)9-19-16/h2-16H,1H3;2*6,13-15H,3,7-10H2,1-2,4-5H3;5,12-14H,6-9H2,1-4H3/t;2*13-,14-,15-,16+,17+;12-,13-,14-,15+,16+/m.111/s1. The number of halogens is 1. The molecule has 0 amide bonds. The zero-order valence-electron chi connectivity index (χ0n) is 50.9. The van der Waals surface area contributed by atoms with Gasteiger partial charge in [0.25, 0.3) is 0 Å². The van der Waals surface area contributed by atoms with Crippen LogP contribution in [0, 0.1) is 17.8 Å². The third-order valence-corrected chi connectivity index (χ3v) is 28.0. The number of carbonyl (C=O) groups excluding carboxylic acids is 1. The van der Waals surface area contributed by atoms with Gasteiger partial charge in [-0.3, -0.25) is 4.79 Å². The first kappa shape index (κ1) is 62.1. The van der Waals surface area contributed by atoms with E-state index in [4.69, 9.17) is 42.6 Å². The van der Waals surface area contributed by atoms with E-state index in [1.807, 2.05) is 0 Å². The van der Waals surface area contributed by atoms with Crippen LogP contribution in [0.3, 0.4) is 0 Å². The summed E-state index contributed by atoms with van der Waals surface area (Å²) in [7, 11) is 5.18. The Balaban J connectivity index is 0.000000130. The van der Waals surface area contributed by atoms with E-state index in [0.717, 1.165) is 71.2 Å². The van der Waals surface area contributed by atoms with Crippen LogP contribution in [-0.2, 0) is 47.4 Å². The van der Waals surface area contributed by atoms with Crippen LogP contribution in [0.4, 0.5) is 0 Å². The molecular formula is C69H94BrO10P. The van der Waals surface area contributed by atoms with E-state index < -0.39 is 5.31 Å². The van der Waals surface area contributed by atoms with Gasteiger partial charge in [-0.25, -0.2) is 0 Å². The van der Waals surface area contributed by atoms with E-state index in [1.165, 1.54) is 43.8 Å². The maximum atomic E-state index is 12.2. The molecule has 12 heteroatoms. The molecule has 3 aliphatic carbocycles. The summed E-state index contributed by atoms with van der Waals surface area (Å²) in [6.07, 6.45) is 15.6. The Morgan fingerprint density at radius 2 is 0.790 bits per heavy atom. The second-order valence-corrected chi connectivity index (χ2v) is 35.8. The number of carbonyl (C=O) groups is 1. The van der Waals surface area contributed by atoms with Gasteiger partial charge in [-0.2, -0.15) is 0 Å². The molecule has 3 aromatic rings. The summed E-state index contributed by atoms with van der Waals surface area (Å²) in [5, 5.41) is 1.48. The number of epoxide rings is 6. The number of benzene rings is 3. The predicted octanol–water partition coefficient (Wildman–Crippen LogP) is 13.2. The number of allylic oxidation sites excluding steroid dienone is 3. The summed E-state index contributed by atoms with van der Waals surface area (Å²) < 4.78 is 52.7. The first-order valence-corrected chi connectivity index (χ1v) is 34.3. The van der Waals surface area contributed by atoms with E-state index >= 15 is 0 Å². The van der Waals surface area contributed by atoms with Crippen molar-refractivity contribution in [2.45, 2.75) is 190 Å². The van der Waals surface area contributed by atoms with E-state index in [9.17, 15) is 4.79 Å². The molecule has 3 spiro atoms. The number of ketones is 1. The molecular weight excluding hydrogens is 1100 g/mol. The van der Waals surface area contributed by atoms with Gasteiger partial charge in [0.1, 0.15) is 39.7 Å².